The molecule has 4 atom stereocenters. The normalized spacial score (nSPS) is 21.7. The summed E-state index contributed by atoms with van der Waals surface area (Å²) < 4.78 is 5.26. The first kappa shape index (κ1) is 30.5. The Balaban J connectivity index is 1.63. The lowest BCUT2D eigenvalue weighted by Gasteiger charge is -2.49. The van der Waals surface area contributed by atoms with Crippen LogP contribution in [-0.2, 0) is 33.5 Å². The van der Waals surface area contributed by atoms with E-state index in [0.717, 1.165) is 23.6 Å². The first-order valence-electron chi connectivity index (χ1n) is 12.7. The number of nitrogens with zero attached hydrogens (tertiary/aromatic N) is 3. The molecule has 3 aliphatic heterocycles. The number of hydrogen-bond acceptors (Lipinski definition) is 11. The Morgan fingerprint density at radius 1 is 1.07 bits per heavy atom. The van der Waals surface area contributed by atoms with Gasteiger partial charge in [-0.25, -0.2) is 9.59 Å². The maximum atomic E-state index is 13.6. The fourth-order valence-electron chi connectivity index (χ4n) is 4.71. The van der Waals surface area contributed by atoms with Crippen molar-refractivity contribution in [3.8, 4) is 0 Å². The van der Waals surface area contributed by atoms with Gasteiger partial charge in [0.05, 0.1) is 0 Å². The number of piperazine rings is 1. The van der Waals surface area contributed by atoms with Gasteiger partial charge in [-0.1, -0.05) is 30.3 Å². The molecule has 3 heterocycles. The molecule has 0 bridgehead atoms. The van der Waals surface area contributed by atoms with Crippen LogP contribution in [0.3, 0.4) is 0 Å². The number of esters is 1. The Kier molecular flexibility index (Phi) is 9.13. The first-order valence-corrected chi connectivity index (χ1v) is 13.8. The van der Waals surface area contributed by atoms with E-state index in [1.54, 1.807) is 25.1 Å². The Hall–Kier alpha value is -4.48. The lowest BCUT2D eigenvalue weighted by molar-refractivity contribution is -0.154. The van der Waals surface area contributed by atoms with E-state index in [0.29, 0.717) is 4.90 Å². The van der Waals surface area contributed by atoms with Gasteiger partial charge in [0.1, 0.15) is 23.2 Å². The molecule has 4 rings (SSSR count). The molecular formula is C25H28N6O10S. The molecule has 0 saturated carbocycles. The third-order valence-corrected chi connectivity index (χ3v) is 8.11. The number of carbonyl (C=O) groups excluding carboxylic acids is 6. The topological polar surface area (TPSA) is 215 Å². The summed E-state index contributed by atoms with van der Waals surface area (Å²) >= 11 is 1.07. The van der Waals surface area contributed by atoms with Crippen LogP contribution >= 0.6 is 11.8 Å². The fraction of sp³-hybridized carbons (Fsp3) is 0.400. The van der Waals surface area contributed by atoms with Crippen molar-refractivity contribution in [3.63, 3.8) is 0 Å². The number of nitrogens with one attached hydrogen (secondary N) is 3. The van der Waals surface area contributed by atoms with Gasteiger partial charge in [-0.15, -0.1) is 11.8 Å². The van der Waals surface area contributed by atoms with Crippen LogP contribution in [0.1, 0.15) is 25.5 Å². The highest BCUT2D eigenvalue weighted by atomic mass is 32.2. The molecule has 42 heavy (non-hydrogen) atoms. The van der Waals surface area contributed by atoms with Crippen LogP contribution in [0.5, 0.6) is 0 Å². The van der Waals surface area contributed by atoms with Crippen LogP contribution in [0.25, 0.3) is 0 Å². The van der Waals surface area contributed by atoms with Gasteiger partial charge in [0.2, 0.25) is 12.1 Å². The number of fused-ring (bicyclic) bond motifs is 1. The number of amides is 6. The van der Waals surface area contributed by atoms with Crippen molar-refractivity contribution < 1.29 is 48.6 Å². The summed E-state index contributed by atoms with van der Waals surface area (Å²) in [5, 5.41) is 23.3. The van der Waals surface area contributed by atoms with E-state index in [9.17, 15) is 43.9 Å². The van der Waals surface area contributed by atoms with Crippen molar-refractivity contribution >= 4 is 53.4 Å². The molecule has 16 nitrogen and oxygen atoms in total. The van der Waals surface area contributed by atoms with Crippen LogP contribution in [0.15, 0.2) is 41.6 Å². The van der Waals surface area contributed by atoms with Crippen LogP contribution in [0.2, 0.25) is 0 Å². The maximum absolute atomic E-state index is 13.6. The fourth-order valence-corrected chi connectivity index (χ4v) is 6.08. The maximum Gasteiger partial charge on any atom is 0.352 e. The molecule has 2 unspecified atom stereocenters. The third kappa shape index (κ3) is 5.79. The predicted octanol–water partition coefficient (Wildman–Crippen LogP) is -1.27. The standard InChI is InChI=1S/C25H28N6O10S/c1-3-29-9-10-30(22(36)21(29)35)25(39)26-15(13-7-5-4-6-8-13)18(33)27-19(41-12(2)32)14-11-42-23-16(28-40)20(34)31(23)17(14)24(37)38/h4-8,15-16,19,23,28,40H,3,9-11H2,1-2H3,(H,26,39)(H,27,33)(H,37,38)/t15?,16-,19?,23+/m0/s1. The van der Waals surface area contributed by atoms with Gasteiger partial charge in [-0.05, 0) is 12.5 Å². The summed E-state index contributed by atoms with van der Waals surface area (Å²) in [7, 11) is 0. The minimum absolute atomic E-state index is 0.104. The zero-order chi connectivity index (χ0) is 30.7. The Morgan fingerprint density at radius 3 is 2.36 bits per heavy atom. The number of urea groups is 1. The van der Waals surface area contributed by atoms with Crippen molar-refractivity contribution in [1.82, 2.24) is 30.8 Å². The van der Waals surface area contributed by atoms with E-state index in [1.807, 2.05) is 5.48 Å². The third-order valence-electron chi connectivity index (χ3n) is 6.81. The molecule has 0 aromatic heterocycles. The van der Waals surface area contributed by atoms with Crippen LogP contribution in [-0.4, -0.2) is 110 Å². The number of ether oxygens (including phenoxy) is 1. The second-order valence-electron chi connectivity index (χ2n) is 9.33. The molecule has 17 heteroatoms. The van der Waals surface area contributed by atoms with E-state index in [1.165, 1.54) is 17.0 Å². The quantitative estimate of drug-likeness (QED) is 0.0734. The molecule has 6 amide bonds. The van der Waals surface area contributed by atoms with Crippen LogP contribution < -0.4 is 16.1 Å². The Labute approximate surface area is 242 Å². The minimum Gasteiger partial charge on any atom is -0.477 e. The van der Waals surface area contributed by atoms with E-state index < -0.39 is 71.0 Å². The number of rotatable bonds is 9. The number of likely N-dealkylation sites (N-methyl/N-ethyl adjacent to an activating group) is 1. The molecule has 0 radical (unpaired) electrons. The molecule has 5 N–H and O–H groups in total. The van der Waals surface area contributed by atoms with Gasteiger partial charge in [-0.3, -0.25) is 33.8 Å². The number of thioether (sulfide) groups is 1. The van der Waals surface area contributed by atoms with Crippen molar-refractivity contribution in [2.24, 2.45) is 0 Å². The minimum atomic E-state index is -1.66. The smallest absolute Gasteiger partial charge is 0.352 e. The predicted molar refractivity (Wildman–Crippen MR) is 142 cm³/mol. The van der Waals surface area contributed by atoms with Crippen molar-refractivity contribution in [2.75, 3.05) is 25.4 Å². The Morgan fingerprint density at radius 2 is 1.76 bits per heavy atom. The lowest BCUT2D eigenvalue weighted by Crippen LogP contribution is -2.69. The zero-order valence-corrected chi connectivity index (χ0v) is 23.3. The molecule has 1 aromatic rings. The van der Waals surface area contributed by atoms with Gasteiger partial charge < -0.3 is 30.6 Å². The van der Waals surface area contributed by atoms with Gasteiger partial charge >= 0.3 is 29.8 Å². The van der Waals surface area contributed by atoms with E-state index in [2.05, 4.69) is 10.6 Å². The molecule has 0 spiro atoms. The number of β-lactam (4-membered cyclic amide) rings is 1. The van der Waals surface area contributed by atoms with E-state index in [4.69, 9.17) is 4.74 Å². The highest BCUT2D eigenvalue weighted by Gasteiger charge is 2.54. The summed E-state index contributed by atoms with van der Waals surface area (Å²) in [6.07, 6.45) is -1.66. The summed E-state index contributed by atoms with van der Waals surface area (Å²) in [5.74, 6) is -6.13. The number of benzene rings is 1. The molecule has 0 aliphatic carbocycles. The molecule has 2 fully saturated rings. The van der Waals surface area contributed by atoms with Crippen molar-refractivity contribution in [3.05, 3.63) is 47.2 Å². The Bertz CT molecular complexity index is 1350. The average Bonchev–Trinajstić information content (AvgIpc) is 2.96. The van der Waals surface area contributed by atoms with Gasteiger partial charge in [0.25, 0.3) is 5.91 Å². The van der Waals surface area contributed by atoms with E-state index in [-0.39, 0.29) is 36.5 Å². The van der Waals surface area contributed by atoms with Crippen LogP contribution in [0.4, 0.5) is 4.79 Å². The van der Waals surface area contributed by atoms with Crippen molar-refractivity contribution in [1.29, 1.82) is 0 Å². The van der Waals surface area contributed by atoms with Crippen molar-refractivity contribution in [2.45, 2.75) is 37.5 Å². The summed E-state index contributed by atoms with van der Waals surface area (Å²) in [4.78, 5) is 91.2. The average molecular weight is 605 g/mol. The van der Waals surface area contributed by atoms with Crippen LogP contribution in [0, 0.1) is 0 Å². The molecule has 224 valence electrons. The zero-order valence-electron chi connectivity index (χ0n) is 22.4. The second kappa shape index (κ2) is 12.6. The number of carboxylic acids is 1. The summed E-state index contributed by atoms with van der Waals surface area (Å²) in [5.41, 5.74) is 1.45. The van der Waals surface area contributed by atoms with Gasteiger partial charge in [0.15, 0.2) is 0 Å². The highest BCUT2D eigenvalue weighted by Crippen LogP contribution is 2.41. The summed E-state index contributed by atoms with van der Waals surface area (Å²) in [6, 6.07) is 4.32. The molecule has 2 saturated heterocycles. The van der Waals surface area contributed by atoms with Gasteiger partial charge in [0, 0.05) is 37.9 Å². The number of carboxylic acid groups (broad SMARTS) is 1. The molecule has 3 aliphatic rings. The first-order chi connectivity index (χ1) is 20.0. The molecule has 1 aromatic carbocycles. The second-order valence-corrected chi connectivity index (χ2v) is 10.4. The number of aliphatic carboxylic acids is 1. The number of hydrogen-bond donors (Lipinski definition) is 5. The molecular weight excluding hydrogens is 576 g/mol. The number of imide groups is 1. The summed E-state index contributed by atoms with van der Waals surface area (Å²) in [6.45, 7) is 3.00. The lowest BCUT2D eigenvalue weighted by atomic mass is 10.0. The number of carbonyl (C=O) groups is 7. The SMILES string of the molecule is CCN1CCN(C(=O)NC(C(=O)NC(OC(C)=O)C2=C(C(=O)O)N3C(=O)[C@H](NO)[C@H]3SC2)c2ccccc2)C(=O)C1=O. The number of hydroxylamine groups is 1. The van der Waals surface area contributed by atoms with E-state index >= 15 is 0 Å². The highest BCUT2D eigenvalue weighted by molar-refractivity contribution is 8.00. The monoisotopic (exact) mass is 604 g/mol. The largest absolute Gasteiger partial charge is 0.477 e. The van der Waals surface area contributed by atoms with Gasteiger partial charge in [-0.2, -0.15) is 5.48 Å².